The van der Waals surface area contributed by atoms with E-state index in [1.807, 2.05) is 0 Å². The highest BCUT2D eigenvalue weighted by molar-refractivity contribution is 5.81. The maximum atomic E-state index is 10.6. The van der Waals surface area contributed by atoms with E-state index in [9.17, 15) is 9.59 Å². The predicted octanol–water partition coefficient (Wildman–Crippen LogP) is 2.54. The smallest absolute Gasteiger partial charge is 0.330 e. The lowest BCUT2D eigenvalue weighted by Gasteiger charge is -2.03. The lowest BCUT2D eigenvalue weighted by molar-refractivity contribution is -0.139. The summed E-state index contributed by atoms with van der Waals surface area (Å²) in [7, 11) is 0. The summed E-state index contributed by atoms with van der Waals surface area (Å²) in [4.78, 5) is 21.3. The number of carbonyl (C=O) groups is 2. The molecule has 0 unspecified atom stereocenters. The van der Waals surface area contributed by atoms with Gasteiger partial charge in [-0.2, -0.15) is 0 Å². The van der Waals surface area contributed by atoms with E-state index in [1.54, 1.807) is 0 Å². The lowest BCUT2D eigenvalue weighted by atomic mass is 10.2. The Morgan fingerprint density at radius 3 is 1.29 bits per heavy atom. The number of carbonyl (C=O) groups excluding carboxylic acids is 2. The Morgan fingerprint density at radius 1 is 0.667 bits per heavy atom. The number of unbranched alkanes of at least 4 members (excludes halogenated alkanes) is 6. The SMILES string of the molecule is C=CC(=O)OCCCCCCOC(=O)C=C.OCCCCCCO. The third-order valence-electron chi connectivity index (χ3n) is 2.93. The van der Waals surface area contributed by atoms with E-state index in [2.05, 4.69) is 13.2 Å². The van der Waals surface area contributed by atoms with Crippen LogP contribution in [0.25, 0.3) is 0 Å². The summed E-state index contributed by atoms with van der Waals surface area (Å²) in [6.07, 6.45) is 9.63. The zero-order valence-corrected chi connectivity index (χ0v) is 14.6. The second-order valence-corrected chi connectivity index (χ2v) is 5.02. The van der Waals surface area contributed by atoms with Gasteiger partial charge in [-0.05, 0) is 38.5 Å². The monoisotopic (exact) mass is 344 g/mol. The molecule has 0 spiro atoms. The molecule has 0 aromatic heterocycles. The number of hydrogen-bond donors (Lipinski definition) is 2. The van der Waals surface area contributed by atoms with Crippen LogP contribution >= 0.6 is 0 Å². The van der Waals surface area contributed by atoms with E-state index in [1.165, 1.54) is 0 Å². The fourth-order valence-electron chi connectivity index (χ4n) is 1.60. The highest BCUT2D eigenvalue weighted by Gasteiger charge is 1.97. The molecule has 0 saturated carbocycles. The summed E-state index contributed by atoms with van der Waals surface area (Å²) < 4.78 is 9.60. The van der Waals surface area contributed by atoms with Gasteiger partial charge in [0.15, 0.2) is 0 Å². The maximum absolute atomic E-state index is 10.6. The molecule has 0 aromatic carbocycles. The normalized spacial score (nSPS) is 9.42. The van der Waals surface area contributed by atoms with Crippen molar-refractivity contribution in [3.8, 4) is 0 Å². The van der Waals surface area contributed by atoms with Gasteiger partial charge in [-0.25, -0.2) is 9.59 Å². The second kappa shape index (κ2) is 21.3. The molecular formula is C18H32O6. The van der Waals surface area contributed by atoms with Crippen molar-refractivity contribution in [3.05, 3.63) is 25.3 Å². The highest BCUT2D eigenvalue weighted by atomic mass is 16.5. The minimum Gasteiger partial charge on any atom is -0.463 e. The van der Waals surface area contributed by atoms with Crippen LogP contribution in [0.4, 0.5) is 0 Å². The molecule has 0 atom stereocenters. The molecule has 0 rings (SSSR count). The number of esters is 2. The van der Waals surface area contributed by atoms with Gasteiger partial charge in [-0.3, -0.25) is 0 Å². The van der Waals surface area contributed by atoms with Crippen molar-refractivity contribution in [2.75, 3.05) is 26.4 Å². The molecule has 0 saturated heterocycles. The van der Waals surface area contributed by atoms with E-state index >= 15 is 0 Å². The average molecular weight is 344 g/mol. The van der Waals surface area contributed by atoms with Crippen LogP contribution in [0.3, 0.4) is 0 Å². The maximum Gasteiger partial charge on any atom is 0.330 e. The third kappa shape index (κ3) is 22.6. The van der Waals surface area contributed by atoms with E-state index < -0.39 is 0 Å². The van der Waals surface area contributed by atoms with Crippen molar-refractivity contribution >= 4 is 11.9 Å². The Morgan fingerprint density at radius 2 is 1.00 bits per heavy atom. The zero-order chi connectivity index (χ0) is 18.5. The molecule has 140 valence electrons. The minimum atomic E-state index is -0.389. The largest absolute Gasteiger partial charge is 0.463 e. The first-order valence-corrected chi connectivity index (χ1v) is 8.42. The standard InChI is InChI=1S/C12H18O4.C6H14O2/c1-3-11(13)15-9-7-5-6-8-10-16-12(14)4-2;7-5-3-1-2-4-6-8/h3-4H,1-2,5-10H2;7-8H,1-6H2. The van der Waals surface area contributed by atoms with Gasteiger partial charge in [-0.15, -0.1) is 0 Å². The number of aliphatic hydroxyl groups is 2. The molecule has 0 aliphatic carbocycles. The fourth-order valence-corrected chi connectivity index (χ4v) is 1.60. The predicted molar refractivity (Wildman–Crippen MR) is 93.4 cm³/mol. The van der Waals surface area contributed by atoms with Gasteiger partial charge >= 0.3 is 11.9 Å². The summed E-state index contributed by atoms with van der Waals surface area (Å²) in [5, 5.41) is 16.6. The number of ether oxygens (including phenoxy) is 2. The first-order valence-electron chi connectivity index (χ1n) is 8.42. The van der Waals surface area contributed by atoms with Crippen LogP contribution in [0.5, 0.6) is 0 Å². The van der Waals surface area contributed by atoms with Gasteiger partial charge in [0, 0.05) is 25.4 Å². The van der Waals surface area contributed by atoms with Crippen LogP contribution in [0.15, 0.2) is 25.3 Å². The molecule has 2 N–H and O–H groups in total. The van der Waals surface area contributed by atoms with Gasteiger partial charge in [0.2, 0.25) is 0 Å². The Hall–Kier alpha value is -1.66. The van der Waals surface area contributed by atoms with Crippen LogP contribution < -0.4 is 0 Å². The minimum absolute atomic E-state index is 0.283. The molecule has 0 radical (unpaired) electrons. The van der Waals surface area contributed by atoms with E-state index in [0.29, 0.717) is 13.2 Å². The van der Waals surface area contributed by atoms with Crippen molar-refractivity contribution in [1.29, 1.82) is 0 Å². The molecule has 24 heavy (non-hydrogen) atoms. The van der Waals surface area contributed by atoms with Crippen LogP contribution in [0.1, 0.15) is 51.4 Å². The van der Waals surface area contributed by atoms with Crippen LogP contribution in [-0.2, 0) is 19.1 Å². The van der Waals surface area contributed by atoms with Crippen molar-refractivity contribution in [2.45, 2.75) is 51.4 Å². The van der Waals surface area contributed by atoms with Gasteiger partial charge in [0.1, 0.15) is 0 Å². The van der Waals surface area contributed by atoms with E-state index in [-0.39, 0.29) is 25.2 Å². The molecule has 0 aromatic rings. The Kier molecular flexibility index (Phi) is 21.9. The van der Waals surface area contributed by atoms with Crippen molar-refractivity contribution in [3.63, 3.8) is 0 Å². The topological polar surface area (TPSA) is 93.1 Å². The Balaban J connectivity index is 0. The number of aliphatic hydroxyl groups excluding tert-OH is 2. The molecule has 0 aliphatic heterocycles. The fraction of sp³-hybridized carbons (Fsp3) is 0.667. The van der Waals surface area contributed by atoms with Gasteiger partial charge < -0.3 is 19.7 Å². The summed E-state index contributed by atoms with van der Waals surface area (Å²) in [6.45, 7) is 7.98. The Labute approximate surface area is 145 Å². The van der Waals surface area contributed by atoms with Crippen molar-refractivity contribution < 1.29 is 29.3 Å². The van der Waals surface area contributed by atoms with Crippen LogP contribution in [-0.4, -0.2) is 48.6 Å². The average Bonchev–Trinajstić information content (AvgIpc) is 2.61. The van der Waals surface area contributed by atoms with E-state index in [4.69, 9.17) is 19.7 Å². The first-order chi connectivity index (χ1) is 11.6. The van der Waals surface area contributed by atoms with Crippen molar-refractivity contribution in [1.82, 2.24) is 0 Å². The van der Waals surface area contributed by atoms with Gasteiger partial charge in [0.05, 0.1) is 13.2 Å². The lowest BCUT2D eigenvalue weighted by Crippen LogP contribution is -2.03. The van der Waals surface area contributed by atoms with Crippen LogP contribution in [0.2, 0.25) is 0 Å². The molecule has 6 nitrogen and oxygen atoms in total. The second-order valence-electron chi connectivity index (χ2n) is 5.02. The zero-order valence-electron chi connectivity index (χ0n) is 14.6. The molecular weight excluding hydrogens is 312 g/mol. The third-order valence-corrected chi connectivity index (χ3v) is 2.93. The molecule has 0 aliphatic rings. The molecule has 0 bridgehead atoms. The molecule has 0 heterocycles. The van der Waals surface area contributed by atoms with Crippen molar-refractivity contribution in [2.24, 2.45) is 0 Å². The van der Waals surface area contributed by atoms with Crippen LogP contribution in [0, 0.1) is 0 Å². The summed E-state index contributed by atoms with van der Waals surface area (Å²) >= 11 is 0. The Bertz CT molecular complexity index is 295. The molecule has 0 fully saturated rings. The molecule has 6 heteroatoms. The summed E-state index contributed by atoms with van der Waals surface area (Å²) in [6, 6.07) is 0. The summed E-state index contributed by atoms with van der Waals surface area (Å²) in [5.41, 5.74) is 0. The quantitative estimate of drug-likeness (QED) is 0.286. The first kappa shape index (κ1) is 24.6. The highest BCUT2D eigenvalue weighted by Crippen LogP contribution is 2.01. The van der Waals surface area contributed by atoms with Gasteiger partial charge in [0.25, 0.3) is 0 Å². The molecule has 0 amide bonds. The number of rotatable bonds is 14. The number of hydrogen-bond acceptors (Lipinski definition) is 6. The van der Waals surface area contributed by atoms with E-state index in [0.717, 1.165) is 63.5 Å². The summed E-state index contributed by atoms with van der Waals surface area (Å²) in [5.74, 6) is -0.778. The van der Waals surface area contributed by atoms with Gasteiger partial charge in [-0.1, -0.05) is 26.0 Å².